The molecule has 0 N–H and O–H groups in total. The lowest BCUT2D eigenvalue weighted by Gasteiger charge is -2.41. The molecule has 1 unspecified atom stereocenters. The Labute approximate surface area is 109 Å². The minimum atomic E-state index is -4.30. The highest BCUT2D eigenvalue weighted by Gasteiger charge is 2.32. The molecule has 1 atom stereocenters. The van der Waals surface area contributed by atoms with Gasteiger partial charge >= 0.3 is 6.18 Å². The van der Waals surface area contributed by atoms with Crippen molar-refractivity contribution in [3.05, 3.63) is 29.8 Å². The summed E-state index contributed by atoms with van der Waals surface area (Å²) in [6, 6.07) is 4.78. The standard InChI is InChI=1S/C12H14F3NOS/c1-8(18)16-6-11(7-16)17-10-4-2-9(3-5-10)12(13,14)15/h2-5,8,11,18H,6-7H2,1H3. The van der Waals surface area contributed by atoms with Crippen LogP contribution in [0.15, 0.2) is 24.3 Å². The molecule has 1 aliphatic rings. The molecular weight excluding hydrogens is 263 g/mol. The summed E-state index contributed by atoms with van der Waals surface area (Å²) in [5, 5.41) is 0.178. The summed E-state index contributed by atoms with van der Waals surface area (Å²) >= 11 is 4.28. The van der Waals surface area contributed by atoms with Crippen LogP contribution < -0.4 is 4.74 Å². The van der Waals surface area contributed by atoms with Crippen LogP contribution in [0.25, 0.3) is 0 Å². The van der Waals surface area contributed by atoms with Gasteiger partial charge in [0.1, 0.15) is 11.9 Å². The van der Waals surface area contributed by atoms with Crippen LogP contribution in [0.4, 0.5) is 13.2 Å². The van der Waals surface area contributed by atoms with Gasteiger partial charge in [-0.15, -0.1) is 0 Å². The summed E-state index contributed by atoms with van der Waals surface area (Å²) in [6.45, 7) is 3.48. The fraction of sp³-hybridized carbons (Fsp3) is 0.500. The first kappa shape index (κ1) is 13.5. The van der Waals surface area contributed by atoms with Crippen molar-refractivity contribution >= 4 is 12.6 Å². The lowest BCUT2D eigenvalue weighted by Crippen LogP contribution is -2.55. The second-order valence-corrected chi connectivity index (χ2v) is 5.10. The van der Waals surface area contributed by atoms with E-state index in [-0.39, 0.29) is 11.5 Å². The van der Waals surface area contributed by atoms with Gasteiger partial charge < -0.3 is 4.74 Å². The number of halogens is 3. The van der Waals surface area contributed by atoms with Gasteiger partial charge in [0.15, 0.2) is 0 Å². The van der Waals surface area contributed by atoms with Crippen molar-refractivity contribution in [1.29, 1.82) is 0 Å². The normalized spacial score (nSPS) is 19.4. The maximum absolute atomic E-state index is 12.3. The van der Waals surface area contributed by atoms with E-state index in [0.29, 0.717) is 5.75 Å². The van der Waals surface area contributed by atoms with Crippen LogP contribution >= 0.6 is 12.6 Å². The Balaban J connectivity index is 1.89. The number of likely N-dealkylation sites (tertiary alicyclic amines) is 1. The highest BCUT2D eigenvalue weighted by Crippen LogP contribution is 2.30. The van der Waals surface area contributed by atoms with E-state index in [1.165, 1.54) is 12.1 Å². The predicted octanol–water partition coefficient (Wildman–Crippen LogP) is 3.04. The Hall–Kier alpha value is -0.880. The van der Waals surface area contributed by atoms with E-state index < -0.39 is 11.7 Å². The monoisotopic (exact) mass is 277 g/mol. The molecule has 0 amide bonds. The maximum Gasteiger partial charge on any atom is 0.416 e. The van der Waals surface area contributed by atoms with Gasteiger partial charge in [-0.3, -0.25) is 4.90 Å². The lowest BCUT2D eigenvalue weighted by atomic mass is 10.1. The second kappa shape index (κ2) is 5.01. The van der Waals surface area contributed by atoms with Crippen molar-refractivity contribution in [2.24, 2.45) is 0 Å². The van der Waals surface area contributed by atoms with Crippen LogP contribution in [0.1, 0.15) is 12.5 Å². The molecule has 0 bridgehead atoms. The molecule has 0 radical (unpaired) electrons. The topological polar surface area (TPSA) is 12.5 Å². The summed E-state index contributed by atoms with van der Waals surface area (Å²) in [5.41, 5.74) is -0.658. The highest BCUT2D eigenvalue weighted by atomic mass is 32.1. The van der Waals surface area contributed by atoms with Crippen LogP contribution in [0.2, 0.25) is 0 Å². The molecule has 1 aromatic rings. The van der Waals surface area contributed by atoms with E-state index in [2.05, 4.69) is 17.5 Å². The van der Waals surface area contributed by atoms with Crippen molar-refractivity contribution in [2.75, 3.05) is 13.1 Å². The van der Waals surface area contributed by atoms with Gasteiger partial charge in [-0.05, 0) is 31.2 Å². The molecule has 6 heteroatoms. The first-order chi connectivity index (χ1) is 8.36. The fourth-order valence-electron chi connectivity index (χ4n) is 1.76. The number of rotatable bonds is 3. The number of hydrogen-bond donors (Lipinski definition) is 1. The van der Waals surface area contributed by atoms with E-state index in [1.54, 1.807) is 0 Å². The van der Waals surface area contributed by atoms with E-state index in [0.717, 1.165) is 25.2 Å². The Kier molecular flexibility index (Phi) is 3.77. The molecule has 0 spiro atoms. The van der Waals surface area contributed by atoms with E-state index in [4.69, 9.17) is 4.74 Å². The van der Waals surface area contributed by atoms with Gasteiger partial charge in [-0.2, -0.15) is 25.8 Å². The van der Waals surface area contributed by atoms with E-state index in [9.17, 15) is 13.2 Å². The SMILES string of the molecule is CC(S)N1CC(Oc2ccc(C(F)(F)F)cc2)C1. The molecular formula is C12H14F3NOS. The highest BCUT2D eigenvalue weighted by molar-refractivity contribution is 7.80. The summed E-state index contributed by atoms with van der Waals surface area (Å²) in [4.78, 5) is 2.11. The smallest absolute Gasteiger partial charge is 0.416 e. The van der Waals surface area contributed by atoms with Gasteiger partial charge in [0, 0.05) is 13.1 Å². The van der Waals surface area contributed by atoms with Crippen molar-refractivity contribution in [2.45, 2.75) is 24.6 Å². The van der Waals surface area contributed by atoms with Gasteiger partial charge in [0.05, 0.1) is 10.9 Å². The maximum atomic E-state index is 12.3. The number of alkyl halides is 3. The van der Waals surface area contributed by atoms with Crippen LogP contribution in [-0.4, -0.2) is 29.5 Å². The molecule has 0 aliphatic carbocycles. The molecule has 2 nitrogen and oxygen atoms in total. The summed E-state index contributed by atoms with van der Waals surface area (Å²) in [5.74, 6) is 0.472. The third-order valence-electron chi connectivity index (χ3n) is 2.89. The Morgan fingerprint density at radius 1 is 1.28 bits per heavy atom. The number of thiol groups is 1. The first-order valence-electron chi connectivity index (χ1n) is 5.62. The van der Waals surface area contributed by atoms with Crippen LogP contribution in [0, 0.1) is 0 Å². The molecule has 100 valence electrons. The van der Waals surface area contributed by atoms with Gasteiger partial charge in [0.2, 0.25) is 0 Å². The van der Waals surface area contributed by atoms with Crippen LogP contribution in [-0.2, 0) is 6.18 Å². The van der Waals surface area contributed by atoms with Crippen LogP contribution in [0.3, 0.4) is 0 Å². The van der Waals surface area contributed by atoms with Crippen molar-refractivity contribution in [3.8, 4) is 5.75 Å². The zero-order chi connectivity index (χ0) is 13.3. The second-order valence-electron chi connectivity index (χ2n) is 4.35. The minimum Gasteiger partial charge on any atom is -0.488 e. The van der Waals surface area contributed by atoms with Crippen molar-refractivity contribution in [3.63, 3.8) is 0 Å². The van der Waals surface area contributed by atoms with Gasteiger partial charge in [-0.1, -0.05) is 0 Å². The summed E-state index contributed by atoms with van der Waals surface area (Å²) in [6.07, 6.45) is -4.26. The molecule has 0 aromatic heterocycles. The van der Waals surface area contributed by atoms with Crippen LogP contribution in [0.5, 0.6) is 5.75 Å². The molecule has 0 saturated carbocycles. The number of ether oxygens (including phenoxy) is 1. The van der Waals surface area contributed by atoms with Gasteiger partial charge in [0.25, 0.3) is 0 Å². The minimum absolute atomic E-state index is 0.0383. The number of benzene rings is 1. The average Bonchev–Trinajstić information content (AvgIpc) is 2.21. The Bertz CT molecular complexity index is 399. The molecule has 18 heavy (non-hydrogen) atoms. The number of nitrogens with zero attached hydrogens (tertiary/aromatic N) is 1. The zero-order valence-corrected chi connectivity index (χ0v) is 10.7. The van der Waals surface area contributed by atoms with Gasteiger partial charge in [-0.25, -0.2) is 0 Å². The fourth-order valence-corrected chi connectivity index (χ4v) is 1.95. The summed E-state index contributed by atoms with van der Waals surface area (Å²) < 4.78 is 42.6. The number of hydrogen-bond acceptors (Lipinski definition) is 3. The largest absolute Gasteiger partial charge is 0.488 e. The Morgan fingerprint density at radius 2 is 1.83 bits per heavy atom. The molecule has 1 heterocycles. The van der Waals surface area contributed by atoms with Crippen molar-refractivity contribution in [1.82, 2.24) is 4.90 Å². The summed E-state index contributed by atoms with van der Waals surface area (Å²) in [7, 11) is 0. The molecule has 1 saturated heterocycles. The van der Waals surface area contributed by atoms with Crippen molar-refractivity contribution < 1.29 is 17.9 Å². The van der Waals surface area contributed by atoms with E-state index in [1.807, 2.05) is 6.92 Å². The first-order valence-corrected chi connectivity index (χ1v) is 6.14. The molecule has 1 aliphatic heterocycles. The quantitative estimate of drug-likeness (QED) is 0.853. The lowest BCUT2D eigenvalue weighted by molar-refractivity contribution is -0.137. The third-order valence-corrected chi connectivity index (χ3v) is 3.22. The van der Waals surface area contributed by atoms with E-state index >= 15 is 0 Å². The third kappa shape index (κ3) is 3.11. The average molecular weight is 277 g/mol. The zero-order valence-electron chi connectivity index (χ0n) is 9.81. The molecule has 1 fully saturated rings. The Morgan fingerprint density at radius 3 is 2.28 bits per heavy atom. The molecule has 1 aromatic carbocycles. The molecule has 2 rings (SSSR count). The predicted molar refractivity (Wildman–Crippen MR) is 65.9 cm³/mol.